The molecule has 3 N–H and O–H groups in total. The number of benzene rings is 1. The van der Waals surface area contributed by atoms with Crippen LogP contribution >= 0.6 is 0 Å². The molecule has 0 aromatic heterocycles. The summed E-state index contributed by atoms with van der Waals surface area (Å²) >= 11 is 0. The molecule has 0 amide bonds. The topological polar surface area (TPSA) is 68.3 Å². The van der Waals surface area contributed by atoms with Crippen molar-refractivity contribution in [1.82, 2.24) is 0 Å². The zero-order valence-corrected chi connectivity index (χ0v) is 10.8. The van der Waals surface area contributed by atoms with Crippen LogP contribution in [-0.2, 0) is 16.1 Å². The molecular weight excluding hydrogens is 247 g/mol. The number of hydrogen-bond donors (Lipinski definition) is 2. The van der Waals surface area contributed by atoms with Gasteiger partial charge < -0.3 is 15.2 Å². The van der Waals surface area contributed by atoms with Crippen molar-refractivity contribution in [3.05, 3.63) is 35.1 Å². The first-order valence-electron chi connectivity index (χ1n) is 6.45. The van der Waals surface area contributed by atoms with E-state index in [1.165, 1.54) is 6.07 Å². The molecule has 104 valence electrons. The van der Waals surface area contributed by atoms with Crippen LogP contribution in [0.3, 0.4) is 0 Å². The number of nitrogens with one attached hydrogen (secondary N) is 1. The van der Waals surface area contributed by atoms with Gasteiger partial charge in [0.2, 0.25) is 0 Å². The molecule has 1 aromatic rings. The van der Waals surface area contributed by atoms with Crippen molar-refractivity contribution < 1.29 is 13.9 Å². The molecule has 1 fully saturated rings. The number of halogens is 1. The van der Waals surface area contributed by atoms with Crippen LogP contribution in [0.4, 0.5) is 4.39 Å². The Balaban J connectivity index is 1.88. The molecular formula is C14H19FN2O2. The van der Waals surface area contributed by atoms with E-state index < -0.39 is 5.82 Å². The van der Waals surface area contributed by atoms with Gasteiger partial charge >= 0.3 is 0 Å². The maximum Gasteiger partial charge on any atom is 0.139 e. The van der Waals surface area contributed by atoms with Gasteiger partial charge in [0.15, 0.2) is 0 Å². The van der Waals surface area contributed by atoms with Gasteiger partial charge in [0.25, 0.3) is 0 Å². The van der Waals surface area contributed by atoms with Crippen molar-refractivity contribution in [2.45, 2.75) is 19.4 Å². The number of ether oxygens (including phenoxy) is 2. The normalized spacial score (nSPS) is 16.5. The number of hydrogen-bond acceptors (Lipinski definition) is 3. The summed E-state index contributed by atoms with van der Waals surface area (Å²) in [6.45, 7) is 2.39. The Morgan fingerprint density at radius 3 is 2.84 bits per heavy atom. The van der Waals surface area contributed by atoms with E-state index in [0.29, 0.717) is 18.1 Å². The molecule has 0 spiro atoms. The first-order chi connectivity index (χ1) is 9.18. The SMILES string of the molecule is N=C(N)c1cccc(COCC2CCOCC2)c1F. The average Bonchev–Trinajstić information content (AvgIpc) is 2.41. The fraction of sp³-hybridized carbons (Fsp3) is 0.500. The van der Waals surface area contributed by atoms with Crippen molar-refractivity contribution in [2.24, 2.45) is 11.7 Å². The Kier molecular flexibility index (Phi) is 4.87. The second-order valence-corrected chi connectivity index (χ2v) is 4.76. The highest BCUT2D eigenvalue weighted by atomic mass is 19.1. The Labute approximate surface area is 112 Å². The summed E-state index contributed by atoms with van der Waals surface area (Å²) in [7, 11) is 0. The Hall–Kier alpha value is -1.46. The molecule has 1 aliphatic heterocycles. The Morgan fingerprint density at radius 1 is 1.42 bits per heavy atom. The number of amidine groups is 1. The highest BCUT2D eigenvalue weighted by molar-refractivity contribution is 5.95. The minimum atomic E-state index is -0.457. The van der Waals surface area contributed by atoms with E-state index in [2.05, 4.69) is 0 Å². The van der Waals surface area contributed by atoms with Crippen molar-refractivity contribution in [1.29, 1.82) is 5.41 Å². The molecule has 0 unspecified atom stereocenters. The van der Waals surface area contributed by atoms with E-state index in [-0.39, 0.29) is 18.0 Å². The van der Waals surface area contributed by atoms with Crippen LogP contribution in [0.5, 0.6) is 0 Å². The molecule has 19 heavy (non-hydrogen) atoms. The number of rotatable bonds is 5. The van der Waals surface area contributed by atoms with Crippen molar-refractivity contribution in [2.75, 3.05) is 19.8 Å². The molecule has 1 heterocycles. The van der Waals surface area contributed by atoms with Crippen molar-refractivity contribution >= 4 is 5.84 Å². The first kappa shape index (κ1) is 14.0. The second kappa shape index (κ2) is 6.63. The van der Waals surface area contributed by atoms with Crippen LogP contribution in [0, 0.1) is 17.1 Å². The third-order valence-corrected chi connectivity index (χ3v) is 3.32. The third-order valence-electron chi connectivity index (χ3n) is 3.32. The van der Waals surface area contributed by atoms with Crippen LogP contribution in [0.2, 0.25) is 0 Å². The summed E-state index contributed by atoms with van der Waals surface area (Å²) in [6.07, 6.45) is 1.99. The minimum Gasteiger partial charge on any atom is -0.384 e. The Bertz CT molecular complexity index is 445. The lowest BCUT2D eigenvalue weighted by Gasteiger charge is -2.21. The zero-order chi connectivity index (χ0) is 13.7. The van der Waals surface area contributed by atoms with Gasteiger partial charge in [-0.3, -0.25) is 5.41 Å². The van der Waals surface area contributed by atoms with E-state index in [1.807, 2.05) is 0 Å². The van der Waals surface area contributed by atoms with Gasteiger partial charge in [-0.25, -0.2) is 4.39 Å². The second-order valence-electron chi connectivity index (χ2n) is 4.76. The highest BCUT2D eigenvalue weighted by Gasteiger charge is 2.15. The number of nitrogen functional groups attached to an aromatic ring is 1. The minimum absolute atomic E-state index is 0.132. The first-order valence-corrected chi connectivity index (χ1v) is 6.45. The van der Waals surface area contributed by atoms with Gasteiger partial charge in [-0.15, -0.1) is 0 Å². The molecule has 0 radical (unpaired) electrons. The standard InChI is InChI=1S/C14H19FN2O2/c15-13-11(2-1-3-12(13)14(16)17)9-19-8-10-4-6-18-7-5-10/h1-3,10H,4-9H2,(H3,16,17). The molecule has 0 bridgehead atoms. The maximum absolute atomic E-state index is 14.0. The molecule has 0 saturated carbocycles. The molecule has 4 nitrogen and oxygen atoms in total. The predicted molar refractivity (Wildman–Crippen MR) is 70.6 cm³/mol. The summed E-state index contributed by atoms with van der Waals surface area (Å²) in [6, 6.07) is 4.85. The zero-order valence-electron chi connectivity index (χ0n) is 10.8. The third kappa shape index (κ3) is 3.75. The quantitative estimate of drug-likeness (QED) is 0.633. The predicted octanol–water partition coefficient (Wildman–Crippen LogP) is 2.05. The van der Waals surface area contributed by atoms with Crippen LogP contribution in [0.1, 0.15) is 24.0 Å². The van der Waals surface area contributed by atoms with E-state index in [1.54, 1.807) is 12.1 Å². The molecule has 5 heteroatoms. The van der Waals surface area contributed by atoms with E-state index >= 15 is 0 Å². The molecule has 1 aliphatic rings. The van der Waals surface area contributed by atoms with Crippen molar-refractivity contribution in [3.63, 3.8) is 0 Å². The van der Waals surface area contributed by atoms with E-state index in [4.69, 9.17) is 20.6 Å². The average molecular weight is 266 g/mol. The summed E-state index contributed by atoms with van der Waals surface area (Å²) in [5.41, 5.74) is 5.89. The lowest BCUT2D eigenvalue weighted by Crippen LogP contribution is -2.20. The molecule has 0 aliphatic carbocycles. The summed E-state index contributed by atoms with van der Waals surface area (Å²) in [4.78, 5) is 0. The number of nitrogens with two attached hydrogens (primary N) is 1. The summed E-state index contributed by atoms with van der Waals surface area (Å²) in [5.74, 6) is -0.224. The largest absolute Gasteiger partial charge is 0.384 e. The molecule has 2 rings (SSSR count). The van der Waals surface area contributed by atoms with Crippen LogP contribution < -0.4 is 5.73 Å². The van der Waals surface area contributed by atoms with Crippen LogP contribution in [0.25, 0.3) is 0 Å². The van der Waals surface area contributed by atoms with Gasteiger partial charge in [0.1, 0.15) is 11.7 Å². The highest BCUT2D eigenvalue weighted by Crippen LogP contribution is 2.17. The van der Waals surface area contributed by atoms with Crippen LogP contribution in [-0.4, -0.2) is 25.7 Å². The Morgan fingerprint density at radius 2 is 2.16 bits per heavy atom. The van der Waals surface area contributed by atoms with E-state index in [0.717, 1.165) is 26.1 Å². The van der Waals surface area contributed by atoms with E-state index in [9.17, 15) is 4.39 Å². The lowest BCUT2D eigenvalue weighted by molar-refractivity contribution is 0.0151. The summed E-state index contributed by atoms with van der Waals surface area (Å²) < 4.78 is 24.8. The van der Waals surface area contributed by atoms with Gasteiger partial charge in [0.05, 0.1) is 18.8 Å². The molecule has 1 aromatic carbocycles. The smallest absolute Gasteiger partial charge is 0.139 e. The fourth-order valence-electron chi connectivity index (χ4n) is 2.15. The molecule has 0 atom stereocenters. The fourth-order valence-corrected chi connectivity index (χ4v) is 2.15. The molecule has 1 saturated heterocycles. The van der Waals surface area contributed by atoms with Gasteiger partial charge in [-0.05, 0) is 24.8 Å². The van der Waals surface area contributed by atoms with Crippen molar-refractivity contribution in [3.8, 4) is 0 Å². The van der Waals surface area contributed by atoms with Gasteiger partial charge in [-0.1, -0.05) is 12.1 Å². The van der Waals surface area contributed by atoms with Gasteiger partial charge in [-0.2, -0.15) is 0 Å². The van der Waals surface area contributed by atoms with Gasteiger partial charge in [0, 0.05) is 18.8 Å². The summed E-state index contributed by atoms with van der Waals surface area (Å²) in [5, 5.41) is 7.29. The van der Waals surface area contributed by atoms with Crippen LogP contribution in [0.15, 0.2) is 18.2 Å². The monoisotopic (exact) mass is 266 g/mol. The maximum atomic E-state index is 14.0. The lowest BCUT2D eigenvalue weighted by atomic mass is 10.0.